The van der Waals surface area contributed by atoms with Gasteiger partial charge in [0.2, 0.25) is 5.91 Å². The third kappa shape index (κ3) is 3.31. The molecule has 1 heterocycles. The number of halogens is 1. The van der Waals surface area contributed by atoms with E-state index in [1.54, 1.807) is 13.0 Å². The number of hydrogen-bond donors (Lipinski definition) is 1. The van der Waals surface area contributed by atoms with Gasteiger partial charge in [-0.1, -0.05) is 0 Å². The molecular formula is C13H16ClNO4S. The maximum absolute atomic E-state index is 12.1. The third-order valence-corrected chi connectivity index (χ3v) is 4.80. The van der Waals surface area contributed by atoms with Gasteiger partial charge in [-0.25, -0.2) is 8.42 Å². The average molecular weight is 318 g/mol. The summed E-state index contributed by atoms with van der Waals surface area (Å²) in [5.41, 5.74) is 1.23. The van der Waals surface area contributed by atoms with Crippen molar-refractivity contribution >= 4 is 31.3 Å². The molecule has 1 aromatic carbocycles. The molecule has 0 spiro atoms. The topological polar surface area (TPSA) is 72.5 Å². The first-order valence-corrected chi connectivity index (χ1v) is 8.58. The Labute approximate surface area is 122 Å². The Morgan fingerprint density at radius 2 is 2.15 bits per heavy atom. The fourth-order valence-corrected chi connectivity index (χ4v) is 3.07. The number of rotatable bonds is 3. The maximum Gasteiger partial charge on any atom is 0.261 e. The van der Waals surface area contributed by atoms with Crippen LogP contribution in [0.15, 0.2) is 23.1 Å². The summed E-state index contributed by atoms with van der Waals surface area (Å²) in [6.07, 6.45) is 0.595. The van der Waals surface area contributed by atoms with Gasteiger partial charge >= 0.3 is 0 Å². The van der Waals surface area contributed by atoms with Gasteiger partial charge in [-0.15, -0.1) is 0 Å². The molecule has 1 amide bonds. The molecule has 1 aliphatic rings. The Bertz CT molecular complexity index is 629. The molecule has 110 valence electrons. The van der Waals surface area contributed by atoms with Crippen LogP contribution < -0.4 is 5.32 Å². The largest absolute Gasteiger partial charge is 0.378 e. The van der Waals surface area contributed by atoms with E-state index in [0.29, 0.717) is 24.3 Å². The van der Waals surface area contributed by atoms with Gasteiger partial charge < -0.3 is 10.1 Å². The van der Waals surface area contributed by atoms with Crippen molar-refractivity contribution < 1.29 is 17.9 Å². The van der Waals surface area contributed by atoms with Crippen LogP contribution in [0.5, 0.6) is 0 Å². The molecule has 0 bridgehead atoms. The molecule has 2 rings (SSSR count). The predicted molar refractivity (Wildman–Crippen MR) is 76.4 cm³/mol. The van der Waals surface area contributed by atoms with Crippen molar-refractivity contribution in [3.8, 4) is 0 Å². The number of hydrogen-bond acceptors (Lipinski definition) is 4. The fraction of sp³-hybridized carbons (Fsp3) is 0.462. The summed E-state index contributed by atoms with van der Waals surface area (Å²) in [7, 11) is 1.52. The Kier molecular flexibility index (Phi) is 4.36. The molecule has 0 aliphatic carbocycles. The summed E-state index contributed by atoms with van der Waals surface area (Å²) in [6.45, 7) is 4.17. The van der Waals surface area contributed by atoms with E-state index in [2.05, 4.69) is 5.32 Å². The van der Waals surface area contributed by atoms with E-state index in [4.69, 9.17) is 15.4 Å². The van der Waals surface area contributed by atoms with Crippen LogP contribution in [-0.4, -0.2) is 27.0 Å². The monoisotopic (exact) mass is 317 g/mol. The Hall–Kier alpha value is -1.11. The summed E-state index contributed by atoms with van der Waals surface area (Å²) in [5, 5.41) is 2.80. The van der Waals surface area contributed by atoms with Crippen LogP contribution in [0, 0.1) is 12.8 Å². The standard InChI is InChI=1S/C13H16ClNO4S/c1-8-7-10(20(14,17)18)3-4-12(8)15-13(16)11-5-6-19-9(11)2/h3-4,7,9,11H,5-6H2,1-2H3,(H,15,16). The van der Waals surface area contributed by atoms with Gasteiger partial charge in [0.25, 0.3) is 9.05 Å². The van der Waals surface area contributed by atoms with Crippen molar-refractivity contribution in [2.24, 2.45) is 5.92 Å². The highest BCUT2D eigenvalue weighted by atomic mass is 35.7. The molecule has 20 heavy (non-hydrogen) atoms. The number of anilines is 1. The van der Waals surface area contributed by atoms with Crippen molar-refractivity contribution in [3.63, 3.8) is 0 Å². The first-order chi connectivity index (χ1) is 9.29. The molecule has 5 nitrogen and oxygen atoms in total. The van der Waals surface area contributed by atoms with Gasteiger partial charge in [0.1, 0.15) is 0 Å². The fourth-order valence-electron chi connectivity index (χ4n) is 2.23. The Balaban J connectivity index is 2.16. The molecule has 0 saturated carbocycles. The lowest BCUT2D eigenvalue weighted by Crippen LogP contribution is -2.28. The number of benzene rings is 1. The summed E-state index contributed by atoms with van der Waals surface area (Å²) in [6, 6.07) is 4.36. The van der Waals surface area contributed by atoms with Gasteiger partial charge in [0.15, 0.2) is 0 Å². The van der Waals surface area contributed by atoms with Crippen LogP contribution in [-0.2, 0) is 18.6 Å². The molecule has 1 N–H and O–H groups in total. The second kappa shape index (κ2) is 5.71. The first kappa shape index (κ1) is 15.3. The predicted octanol–water partition coefficient (Wildman–Crippen LogP) is 2.29. The van der Waals surface area contributed by atoms with Gasteiger partial charge in [0.05, 0.1) is 16.9 Å². The highest BCUT2D eigenvalue weighted by Crippen LogP contribution is 2.25. The summed E-state index contributed by atoms with van der Waals surface area (Å²) in [5.74, 6) is -0.287. The van der Waals surface area contributed by atoms with Crippen LogP contribution >= 0.6 is 10.7 Å². The molecular weight excluding hydrogens is 302 g/mol. The van der Waals surface area contributed by atoms with E-state index >= 15 is 0 Å². The lowest BCUT2D eigenvalue weighted by Gasteiger charge is -2.15. The molecule has 1 aromatic rings. The van der Waals surface area contributed by atoms with Crippen molar-refractivity contribution in [1.29, 1.82) is 0 Å². The number of aryl methyl sites for hydroxylation is 1. The van der Waals surface area contributed by atoms with Crippen molar-refractivity contribution in [2.45, 2.75) is 31.3 Å². The van der Waals surface area contributed by atoms with E-state index in [1.807, 2.05) is 6.92 Å². The van der Waals surface area contributed by atoms with E-state index in [9.17, 15) is 13.2 Å². The number of carbonyl (C=O) groups excluding carboxylic acids is 1. The van der Waals surface area contributed by atoms with E-state index < -0.39 is 9.05 Å². The summed E-state index contributed by atoms with van der Waals surface area (Å²) in [4.78, 5) is 12.1. The molecule has 2 atom stereocenters. The molecule has 2 unspecified atom stereocenters. The normalized spacial score (nSPS) is 22.8. The molecule has 7 heteroatoms. The third-order valence-electron chi connectivity index (χ3n) is 3.45. The smallest absolute Gasteiger partial charge is 0.261 e. The van der Waals surface area contributed by atoms with Crippen LogP contribution in [0.2, 0.25) is 0 Å². The Morgan fingerprint density at radius 3 is 2.65 bits per heavy atom. The maximum atomic E-state index is 12.1. The minimum atomic E-state index is -3.76. The highest BCUT2D eigenvalue weighted by molar-refractivity contribution is 8.13. The van der Waals surface area contributed by atoms with Crippen molar-refractivity contribution in [1.82, 2.24) is 0 Å². The Morgan fingerprint density at radius 1 is 1.45 bits per heavy atom. The first-order valence-electron chi connectivity index (χ1n) is 6.27. The summed E-state index contributed by atoms with van der Waals surface area (Å²) < 4.78 is 27.8. The van der Waals surface area contributed by atoms with Crippen molar-refractivity contribution in [2.75, 3.05) is 11.9 Å². The second-order valence-electron chi connectivity index (χ2n) is 4.87. The summed E-state index contributed by atoms with van der Waals surface area (Å²) >= 11 is 0. The van der Waals surface area contributed by atoms with Crippen molar-refractivity contribution in [3.05, 3.63) is 23.8 Å². The van der Waals surface area contributed by atoms with Gasteiger partial charge in [-0.05, 0) is 44.0 Å². The van der Waals surface area contributed by atoms with Crippen LogP contribution in [0.3, 0.4) is 0 Å². The molecule has 1 fully saturated rings. The number of nitrogens with one attached hydrogen (secondary N) is 1. The number of amides is 1. The zero-order chi connectivity index (χ0) is 14.9. The van der Waals surface area contributed by atoms with Crippen LogP contribution in [0.1, 0.15) is 18.9 Å². The minimum absolute atomic E-state index is 0.0206. The van der Waals surface area contributed by atoms with Gasteiger partial charge in [0, 0.05) is 23.0 Å². The number of carbonyl (C=O) groups is 1. The van der Waals surface area contributed by atoms with E-state index in [0.717, 1.165) is 0 Å². The van der Waals surface area contributed by atoms with E-state index in [1.165, 1.54) is 12.1 Å². The van der Waals surface area contributed by atoms with Crippen LogP contribution in [0.4, 0.5) is 5.69 Å². The molecule has 1 saturated heterocycles. The zero-order valence-electron chi connectivity index (χ0n) is 11.2. The van der Waals surface area contributed by atoms with E-state index in [-0.39, 0.29) is 22.8 Å². The van der Waals surface area contributed by atoms with Crippen LogP contribution in [0.25, 0.3) is 0 Å². The number of ether oxygens (including phenoxy) is 1. The lowest BCUT2D eigenvalue weighted by atomic mass is 10.0. The second-order valence-corrected chi connectivity index (χ2v) is 7.44. The SMILES string of the molecule is Cc1cc(S(=O)(=O)Cl)ccc1NC(=O)C1CCOC1C. The quantitative estimate of drug-likeness (QED) is 0.868. The average Bonchev–Trinajstić information content (AvgIpc) is 2.76. The highest BCUT2D eigenvalue weighted by Gasteiger charge is 2.30. The minimum Gasteiger partial charge on any atom is -0.378 e. The van der Waals surface area contributed by atoms with Gasteiger partial charge in [-0.3, -0.25) is 4.79 Å². The van der Waals surface area contributed by atoms with Gasteiger partial charge in [-0.2, -0.15) is 0 Å². The zero-order valence-corrected chi connectivity index (χ0v) is 12.8. The molecule has 0 radical (unpaired) electrons. The molecule has 1 aliphatic heterocycles. The molecule has 0 aromatic heterocycles. The lowest BCUT2D eigenvalue weighted by molar-refractivity contribution is -0.121.